The monoisotopic (exact) mass is 297 g/mol. The van der Waals surface area contributed by atoms with E-state index in [1.54, 1.807) is 6.92 Å². The average Bonchev–Trinajstić information content (AvgIpc) is 2.30. The van der Waals surface area contributed by atoms with Crippen molar-refractivity contribution in [3.63, 3.8) is 0 Å². The van der Waals surface area contributed by atoms with Gasteiger partial charge in [-0.05, 0) is 35.0 Å². The van der Waals surface area contributed by atoms with Gasteiger partial charge < -0.3 is 5.73 Å². The first kappa shape index (κ1) is 12.2. The number of thiophene rings is 1. The maximum atomic E-state index is 11.5. The van der Waals surface area contributed by atoms with Crippen molar-refractivity contribution in [2.45, 2.75) is 18.7 Å². The fourth-order valence-electron chi connectivity index (χ4n) is 1.11. The number of halogens is 1. The fraction of sp³-hybridized carbons (Fsp3) is 0.500. The minimum Gasteiger partial charge on any atom is -0.327 e. The summed E-state index contributed by atoms with van der Waals surface area (Å²) in [5.41, 5.74) is 5.45. The molecule has 0 aliphatic carbocycles. The summed E-state index contributed by atoms with van der Waals surface area (Å²) in [5, 5.41) is 0. The molecule has 1 unspecified atom stereocenters. The Morgan fingerprint density at radius 2 is 2.21 bits per heavy atom. The molecule has 0 radical (unpaired) electrons. The molecule has 0 aliphatic rings. The van der Waals surface area contributed by atoms with E-state index in [0.717, 1.165) is 8.66 Å². The summed E-state index contributed by atoms with van der Waals surface area (Å²) in [4.78, 5) is 0.845. The van der Waals surface area contributed by atoms with Gasteiger partial charge in [0.25, 0.3) is 0 Å². The van der Waals surface area contributed by atoms with E-state index in [4.69, 9.17) is 5.73 Å². The largest absolute Gasteiger partial charge is 0.327 e. The third kappa shape index (κ3) is 4.08. The molecular formula is C8H12BrNO2S2. The number of hydrogen-bond acceptors (Lipinski definition) is 4. The van der Waals surface area contributed by atoms with E-state index in [-0.39, 0.29) is 17.5 Å². The van der Waals surface area contributed by atoms with Crippen LogP contribution in [-0.4, -0.2) is 20.2 Å². The van der Waals surface area contributed by atoms with Crippen molar-refractivity contribution in [2.24, 2.45) is 5.73 Å². The summed E-state index contributed by atoms with van der Waals surface area (Å²) >= 11 is 4.73. The topological polar surface area (TPSA) is 60.2 Å². The Balaban J connectivity index is 2.69. The Hall–Kier alpha value is 0.0900. The van der Waals surface area contributed by atoms with Crippen LogP contribution >= 0.6 is 27.3 Å². The predicted molar refractivity (Wildman–Crippen MR) is 63.2 cm³/mol. The molecule has 0 fully saturated rings. The van der Waals surface area contributed by atoms with Crippen LogP contribution in [0.1, 0.15) is 11.8 Å². The molecule has 6 heteroatoms. The summed E-state index contributed by atoms with van der Waals surface area (Å²) in [5.74, 6) is 0.132. The first-order chi connectivity index (χ1) is 6.39. The number of nitrogens with two attached hydrogens (primary N) is 1. The normalized spacial score (nSPS) is 14.2. The minimum absolute atomic E-state index is 0.0442. The van der Waals surface area contributed by atoms with Crippen LogP contribution in [0.3, 0.4) is 0 Å². The van der Waals surface area contributed by atoms with Gasteiger partial charge in [0.1, 0.15) is 0 Å². The molecule has 1 atom stereocenters. The first-order valence-electron chi connectivity index (χ1n) is 4.09. The van der Waals surface area contributed by atoms with Gasteiger partial charge >= 0.3 is 0 Å². The van der Waals surface area contributed by atoms with Gasteiger partial charge in [-0.15, -0.1) is 11.3 Å². The van der Waals surface area contributed by atoms with Gasteiger partial charge in [0, 0.05) is 10.9 Å². The van der Waals surface area contributed by atoms with Crippen molar-refractivity contribution < 1.29 is 8.42 Å². The molecular weight excluding hydrogens is 286 g/mol. The van der Waals surface area contributed by atoms with E-state index >= 15 is 0 Å². The first-order valence-corrected chi connectivity index (χ1v) is 7.52. The fourth-order valence-corrected chi connectivity index (χ4v) is 4.61. The maximum absolute atomic E-state index is 11.5. The SMILES string of the molecule is CC(N)CS(=O)(=O)Cc1ccc(Br)s1. The molecule has 1 heterocycles. The standard InChI is InChI=1S/C8H12BrNO2S2/c1-6(10)4-14(11,12)5-7-2-3-8(9)13-7/h2-3,6H,4-5,10H2,1H3. The molecule has 0 saturated carbocycles. The third-order valence-corrected chi connectivity index (χ3v) is 5.10. The Labute approximate surface area is 96.4 Å². The molecule has 0 aliphatic heterocycles. The molecule has 1 aromatic rings. The van der Waals surface area contributed by atoms with Crippen molar-refractivity contribution in [1.82, 2.24) is 0 Å². The molecule has 0 bridgehead atoms. The lowest BCUT2D eigenvalue weighted by atomic mass is 10.4. The van der Waals surface area contributed by atoms with E-state index in [0.29, 0.717) is 0 Å². The quantitative estimate of drug-likeness (QED) is 0.921. The van der Waals surface area contributed by atoms with Crippen LogP contribution in [-0.2, 0) is 15.6 Å². The van der Waals surface area contributed by atoms with Crippen molar-refractivity contribution in [3.05, 3.63) is 20.8 Å². The number of hydrogen-bond donors (Lipinski definition) is 1. The average molecular weight is 298 g/mol. The zero-order valence-electron chi connectivity index (χ0n) is 7.73. The molecule has 0 saturated heterocycles. The van der Waals surface area contributed by atoms with Crippen molar-refractivity contribution in [1.29, 1.82) is 0 Å². The molecule has 1 rings (SSSR count). The van der Waals surface area contributed by atoms with Gasteiger partial charge in [0.2, 0.25) is 0 Å². The van der Waals surface area contributed by atoms with Gasteiger partial charge in [-0.2, -0.15) is 0 Å². The number of rotatable bonds is 4. The Bertz CT molecular complexity index is 397. The molecule has 0 amide bonds. The van der Waals surface area contributed by atoms with Crippen LogP contribution in [0.25, 0.3) is 0 Å². The highest BCUT2D eigenvalue weighted by Crippen LogP contribution is 2.23. The second-order valence-corrected chi connectivity index (χ2v) is 7.89. The Morgan fingerprint density at radius 3 is 2.64 bits per heavy atom. The molecule has 14 heavy (non-hydrogen) atoms. The van der Waals surface area contributed by atoms with Crippen LogP contribution in [0.2, 0.25) is 0 Å². The van der Waals surface area contributed by atoms with Gasteiger partial charge in [-0.3, -0.25) is 0 Å². The summed E-state index contributed by atoms with van der Waals surface area (Å²) in [6.07, 6.45) is 0. The van der Waals surface area contributed by atoms with E-state index in [2.05, 4.69) is 15.9 Å². The third-order valence-electron chi connectivity index (χ3n) is 1.51. The van der Waals surface area contributed by atoms with Crippen LogP contribution in [0.5, 0.6) is 0 Å². The van der Waals surface area contributed by atoms with E-state index < -0.39 is 9.84 Å². The molecule has 80 valence electrons. The van der Waals surface area contributed by atoms with E-state index in [1.165, 1.54) is 11.3 Å². The van der Waals surface area contributed by atoms with Gasteiger partial charge in [0.15, 0.2) is 9.84 Å². The molecule has 0 spiro atoms. The zero-order chi connectivity index (χ0) is 10.8. The Morgan fingerprint density at radius 1 is 1.57 bits per heavy atom. The van der Waals surface area contributed by atoms with Crippen molar-refractivity contribution in [2.75, 3.05) is 5.75 Å². The van der Waals surface area contributed by atoms with E-state index in [1.807, 2.05) is 12.1 Å². The van der Waals surface area contributed by atoms with Crippen LogP contribution < -0.4 is 5.73 Å². The highest BCUT2D eigenvalue weighted by Gasteiger charge is 2.15. The summed E-state index contributed by atoms with van der Waals surface area (Å²) in [7, 11) is -3.06. The highest BCUT2D eigenvalue weighted by molar-refractivity contribution is 9.11. The Kier molecular flexibility index (Phi) is 4.12. The molecule has 0 aromatic carbocycles. The van der Waals surface area contributed by atoms with Crippen LogP contribution in [0.15, 0.2) is 15.9 Å². The molecule has 2 N–H and O–H groups in total. The minimum atomic E-state index is -3.06. The maximum Gasteiger partial charge on any atom is 0.156 e. The summed E-state index contributed by atoms with van der Waals surface area (Å²) in [6.45, 7) is 1.70. The molecule has 1 aromatic heterocycles. The summed E-state index contributed by atoms with van der Waals surface area (Å²) < 4.78 is 24.0. The predicted octanol–water partition coefficient (Wildman–Crippen LogP) is 1.77. The zero-order valence-corrected chi connectivity index (χ0v) is 11.0. The highest BCUT2D eigenvalue weighted by atomic mass is 79.9. The molecule has 3 nitrogen and oxygen atoms in total. The van der Waals surface area contributed by atoms with Crippen LogP contribution in [0, 0.1) is 0 Å². The van der Waals surface area contributed by atoms with E-state index in [9.17, 15) is 8.42 Å². The van der Waals surface area contributed by atoms with Gasteiger partial charge in [-0.1, -0.05) is 0 Å². The lowest BCUT2D eigenvalue weighted by Crippen LogP contribution is -2.26. The number of sulfone groups is 1. The smallest absolute Gasteiger partial charge is 0.156 e. The second kappa shape index (κ2) is 4.74. The second-order valence-electron chi connectivity index (χ2n) is 3.24. The lowest BCUT2D eigenvalue weighted by Gasteiger charge is -2.05. The van der Waals surface area contributed by atoms with Crippen molar-refractivity contribution >= 4 is 37.1 Å². The van der Waals surface area contributed by atoms with Crippen molar-refractivity contribution in [3.8, 4) is 0 Å². The van der Waals surface area contributed by atoms with Gasteiger partial charge in [0.05, 0.1) is 15.3 Å². The summed E-state index contributed by atoms with van der Waals surface area (Å²) in [6, 6.07) is 3.36. The van der Waals surface area contributed by atoms with Crippen LogP contribution in [0.4, 0.5) is 0 Å². The van der Waals surface area contributed by atoms with Gasteiger partial charge in [-0.25, -0.2) is 8.42 Å². The lowest BCUT2D eigenvalue weighted by molar-refractivity contribution is 0.589.